The molecule has 1 aliphatic rings. The summed E-state index contributed by atoms with van der Waals surface area (Å²) in [4.78, 5) is 11.6. The van der Waals surface area contributed by atoms with Gasteiger partial charge in [0.1, 0.15) is 11.7 Å². The quantitative estimate of drug-likeness (QED) is 0.821. The van der Waals surface area contributed by atoms with Crippen molar-refractivity contribution < 1.29 is 23.0 Å². The molecule has 1 heterocycles. The fraction of sp³-hybridized carbons (Fsp3) is 0.688. The fourth-order valence-electron chi connectivity index (χ4n) is 2.43. The van der Waals surface area contributed by atoms with E-state index < -0.39 is 29.8 Å². The van der Waals surface area contributed by atoms with Gasteiger partial charge in [0.2, 0.25) is 5.88 Å². The molecule has 1 aromatic heterocycles. The summed E-state index contributed by atoms with van der Waals surface area (Å²) in [7, 11) is 0. The molecule has 1 saturated carbocycles. The minimum Gasteiger partial charge on any atom is -0.471 e. The van der Waals surface area contributed by atoms with Crippen molar-refractivity contribution in [3.05, 3.63) is 11.8 Å². The van der Waals surface area contributed by atoms with E-state index in [1.54, 1.807) is 6.21 Å². The first kappa shape index (κ1) is 18.6. The maximum atomic E-state index is 13.0. The van der Waals surface area contributed by atoms with Gasteiger partial charge in [0.15, 0.2) is 0 Å². The van der Waals surface area contributed by atoms with Crippen LogP contribution < -0.4 is 4.74 Å². The maximum absolute atomic E-state index is 13.0. The van der Waals surface area contributed by atoms with Crippen LogP contribution in [0.25, 0.3) is 0 Å². The van der Waals surface area contributed by atoms with Gasteiger partial charge in [-0.1, -0.05) is 19.3 Å². The Balaban J connectivity index is 2.22. The topological polar surface area (TPSA) is 67.6 Å². The summed E-state index contributed by atoms with van der Waals surface area (Å²) in [6.45, 7) is 2.90. The average Bonchev–Trinajstić information content (AvgIpc) is 2.53. The number of halogens is 3. The molecular formula is C16H22F3N3O2. The number of aliphatic hydroxyl groups excluding tert-OH is 1. The molecule has 0 spiro atoms. The van der Waals surface area contributed by atoms with Crippen LogP contribution in [0, 0.1) is 5.92 Å². The standard InChI is InChI=1S/C16H22F3N3O2/c1-10(23)11(2)24-14-13(16(17,18)19)9-21-15(22-14)20-8-12-6-4-3-5-7-12/h8-12,23H,3-7H2,1-2H3/b20-8+/t10-,11-/m1/s1. The van der Waals surface area contributed by atoms with Gasteiger partial charge in [-0.15, -0.1) is 0 Å². The maximum Gasteiger partial charge on any atom is 0.423 e. The Morgan fingerprint density at radius 1 is 1.29 bits per heavy atom. The minimum absolute atomic E-state index is 0.0682. The van der Waals surface area contributed by atoms with Crippen LogP contribution >= 0.6 is 0 Å². The highest BCUT2D eigenvalue weighted by Crippen LogP contribution is 2.36. The lowest BCUT2D eigenvalue weighted by Crippen LogP contribution is -2.27. The molecule has 0 aliphatic heterocycles. The monoisotopic (exact) mass is 345 g/mol. The predicted octanol–water partition coefficient (Wildman–Crippen LogP) is 3.93. The van der Waals surface area contributed by atoms with Crippen molar-refractivity contribution in [2.45, 2.75) is 64.3 Å². The van der Waals surface area contributed by atoms with Crippen molar-refractivity contribution in [1.82, 2.24) is 9.97 Å². The van der Waals surface area contributed by atoms with Crippen molar-refractivity contribution in [3.8, 4) is 5.88 Å². The van der Waals surface area contributed by atoms with Crippen LogP contribution in [0.15, 0.2) is 11.2 Å². The van der Waals surface area contributed by atoms with Gasteiger partial charge >= 0.3 is 6.18 Å². The molecule has 1 aliphatic carbocycles. The molecule has 5 nitrogen and oxygen atoms in total. The summed E-state index contributed by atoms with van der Waals surface area (Å²) in [6.07, 6.45) is 1.48. The Labute approximate surface area is 139 Å². The van der Waals surface area contributed by atoms with Gasteiger partial charge in [0, 0.05) is 12.4 Å². The third-order valence-corrected chi connectivity index (χ3v) is 4.07. The van der Waals surface area contributed by atoms with E-state index >= 15 is 0 Å². The minimum atomic E-state index is -4.64. The van der Waals surface area contributed by atoms with Gasteiger partial charge in [-0.25, -0.2) is 9.98 Å². The van der Waals surface area contributed by atoms with Gasteiger partial charge in [-0.05, 0) is 32.6 Å². The summed E-state index contributed by atoms with van der Waals surface area (Å²) in [6, 6.07) is 0. The lowest BCUT2D eigenvalue weighted by Gasteiger charge is -2.19. The Kier molecular flexibility index (Phi) is 6.15. The molecule has 134 valence electrons. The highest BCUT2D eigenvalue weighted by molar-refractivity contribution is 5.64. The van der Waals surface area contributed by atoms with Gasteiger partial charge in [0.05, 0.1) is 6.10 Å². The van der Waals surface area contributed by atoms with Crippen LogP contribution in [0.3, 0.4) is 0 Å². The molecule has 2 rings (SSSR count). The van der Waals surface area contributed by atoms with Crippen LogP contribution in [0.5, 0.6) is 5.88 Å². The van der Waals surface area contributed by atoms with Gasteiger partial charge in [0.25, 0.3) is 5.95 Å². The molecule has 0 unspecified atom stereocenters. The number of nitrogens with zero attached hydrogens (tertiary/aromatic N) is 3. The van der Waals surface area contributed by atoms with E-state index in [0.29, 0.717) is 12.1 Å². The van der Waals surface area contributed by atoms with E-state index in [1.807, 2.05) is 0 Å². The van der Waals surface area contributed by atoms with E-state index in [9.17, 15) is 18.3 Å². The third-order valence-electron chi connectivity index (χ3n) is 4.07. The van der Waals surface area contributed by atoms with E-state index in [4.69, 9.17) is 4.74 Å². The lowest BCUT2D eigenvalue weighted by atomic mass is 9.90. The van der Waals surface area contributed by atoms with Gasteiger partial charge in [-0.2, -0.15) is 18.2 Å². The number of alkyl halides is 3. The number of hydrogen-bond acceptors (Lipinski definition) is 5. The second kappa shape index (κ2) is 7.92. The van der Waals surface area contributed by atoms with Gasteiger partial charge in [-0.3, -0.25) is 0 Å². The van der Waals surface area contributed by atoms with Crippen molar-refractivity contribution >= 4 is 12.2 Å². The zero-order valence-corrected chi connectivity index (χ0v) is 13.8. The molecule has 2 atom stereocenters. The molecule has 0 bridgehead atoms. The van der Waals surface area contributed by atoms with E-state index in [2.05, 4.69) is 15.0 Å². The Morgan fingerprint density at radius 3 is 2.54 bits per heavy atom. The van der Waals surface area contributed by atoms with E-state index in [0.717, 1.165) is 25.7 Å². The molecule has 1 N–H and O–H groups in total. The molecule has 0 saturated heterocycles. The highest BCUT2D eigenvalue weighted by Gasteiger charge is 2.37. The molecule has 1 aromatic rings. The first-order valence-electron chi connectivity index (χ1n) is 8.10. The van der Waals surface area contributed by atoms with Crippen molar-refractivity contribution in [1.29, 1.82) is 0 Å². The first-order chi connectivity index (χ1) is 11.3. The lowest BCUT2D eigenvalue weighted by molar-refractivity contribution is -0.140. The second-order valence-electron chi connectivity index (χ2n) is 6.13. The van der Waals surface area contributed by atoms with Crippen molar-refractivity contribution in [2.75, 3.05) is 0 Å². The number of aromatic nitrogens is 2. The number of ether oxygens (including phenoxy) is 1. The summed E-state index contributed by atoms with van der Waals surface area (Å²) < 4.78 is 44.3. The van der Waals surface area contributed by atoms with Crippen LogP contribution in [0.1, 0.15) is 51.5 Å². The van der Waals surface area contributed by atoms with Crippen LogP contribution in [0.4, 0.5) is 19.1 Å². The normalized spacial score (nSPS) is 19.4. The summed E-state index contributed by atoms with van der Waals surface area (Å²) in [5.74, 6) is -0.367. The number of aliphatic hydroxyl groups is 1. The SMILES string of the molecule is C[C@@H](O)[C@@H](C)Oc1nc(/N=C/C2CCCCC2)ncc1C(F)(F)F. The van der Waals surface area contributed by atoms with E-state index in [1.165, 1.54) is 20.3 Å². The summed E-state index contributed by atoms with van der Waals surface area (Å²) >= 11 is 0. The molecular weight excluding hydrogens is 323 g/mol. The van der Waals surface area contributed by atoms with Crippen LogP contribution in [-0.2, 0) is 6.18 Å². The molecule has 24 heavy (non-hydrogen) atoms. The summed E-state index contributed by atoms with van der Waals surface area (Å²) in [5, 5.41) is 9.44. The Bertz CT molecular complexity index is 570. The molecule has 8 heteroatoms. The van der Waals surface area contributed by atoms with Crippen molar-refractivity contribution in [3.63, 3.8) is 0 Å². The second-order valence-corrected chi connectivity index (χ2v) is 6.13. The highest BCUT2D eigenvalue weighted by atomic mass is 19.4. The number of aliphatic imine (C=N–C) groups is 1. The largest absolute Gasteiger partial charge is 0.471 e. The molecule has 0 amide bonds. The zero-order valence-electron chi connectivity index (χ0n) is 13.8. The molecule has 1 fully saturated rings. The predicted molar refractivity (Wildman–Crippen MR) is 83.5 cm³/mol. The third kappa shape index (κ3) is 5.15. The van der Waals surface area contributed by atoms with Crippen LogP contribution in [-0.4, -0.2) is 33.5 Å². The number of hydrogen-bond donors (Lipinski definition) is 1. The van der Waals surface area contributed by atoms with Crippen molar-refractivity contribution in [2.24, 2.45) is 10.9 Å². The van der Waals surface area contributed by atoms with Gasteiger partial charge < -0.3 is 9.84 Å². The zero-order chi connectivity index (χ0) is 17.7. The smallest absolute Gasteiger partial charge is 0.423 e. The fourth-order valence-corrected chi connectivity index (χ4v) is 2.43. The number of rotatable bonds is 5. The van der Waals surface area contributed by atoms with E-state index in [-0.39, 0.29) is 5.95 Å². The molecule has 0 radical (unpaired) electrons. The molecule has 0 aromatic carbocycles. The van der Waals surface area contributed by atoms with Crippen LogP contribution in [0.2, 0.25) is 0 Å². The first-order valence-corrected chi connectivity index (χ1v) is 8.10. The Hall–Kier alpha value is -1.70. The summed E-state index contributed by atoms with van der Waals surface area (Å²) in [5.41, 5.74) is -1.08. The Morgan fingerprint density at radius 2 is 1.96 bits per heavy atom. The average molecular weight is 345 g/mol.